The zero-order chi connectivity index (χ0) is 40.0. The SMILES string of the molecule is C=C.C=C.C=C(CCC(C)CC)NC.CCCCCCCCCCCCCCCCCC.CCCCCCCCCCCCCCCCCCCC. The molecule has 0 saturated heterocycles. The quantitative estimate of drug-likeness (QED) is 0.0495. The number of unbranched alkanes of at least 4 members (excludes halogenated alkanes) is 32. The second kappa shape index (κ2) is 64.9. The highest BCUT2D eigenvalue weighted by atomic mass is 14.8. The van der Waals surface area contributed by atoms with Crippen LogP contribution in [0.2, 0.25) is 0 Å². The largest absolute Gasteiger partial charge is 0.392 e. The van der Waals surface area contributed by atoms with Crippen LogP contribution in [-0.4, -0.2) is 7.05 Å². The van der Waals surface area contributed by atoms with E-state index in [9.17, 15) is 0 Å². The van der Waals surface area contributed by atoms with E-state index in [1.165, 1.54) is 231 Å². The Hall–Kier alpha value is -0.980. The van der Waals surface area contributed by atoms with E-state index in [1.807, 2.05) is 7.05 Å². The van der Waals surface area contributed by atoms with Gasteiger partial charge in [-0.25, -0.2) is 0 Å². The molecule has 0 heterocycles. The summed E-state index contributed by atoms with van der Waals surface area (Å²) in [6, 6.07) is 0. The summed E-state index contributed by atoms with van der Waals surface area (Å²) in [5.41, 5.74) is 1.15. The van der Waals surface area contributed by atoms with Crippen molar-refractivity contribution in [1.29, 1.82) is 0 Å². The van der Waals surface area contributed by atoms with Crippen molar-refractivity contribution in [3.05, 3.63) is 38.6 Å². The molecule has 0 aliphatic heterocycles. The van der Waals surface area contributed by atoms with Gasteiger partial charge >= 0.3 is 0 Å². The van der Waals surface area contributed by atoms with Gasteiger partial charge in [0.25, 0.3) is 0 Å². The van der Waals surface area contributed by atoms with Crippen LogP contribution in [0.3, 0.4) is 0 Å². The Morgan fingerprint density at radius 2 is 0.538 bits per heavy atom. The lowest BCUT2D eigenvalue weighted by Crippen LogP contribution is -2.05. The van der Waals surface area contributed by atoms with Gasteiger partial charge in [-0.1, -0.05) is 273 Å². The summed E-state index contributed by atoms with van der Waals surface area (Å²) >= 11 is 0. The van der Waals surface area contributed by atoms with E-state index in [4.69, 9.17) is 0 Å². The van der Waals surface area contributed by atoms with E-state index in [0.717, 1.165) is 18.0 Å². The molecule has 316 valence electrons. The Bertz CT molecular complexity index is 517. The summed E-state index contributed by atoms with van der Waals surface area (Å²) in [7, 11) is 1.93. The number of allylic oxidation sites excluding steroid dienone is 1. The molecule has 0 rings (SSSR count). The number of rotatable bonds is 37. The summed E-state index contributed by atoms with van der Waals surface area (Å²) < 4.78 is 0. The average Bonchev–Trinajstić information content (AvgIpc) is 3.18. The van der Waals surface area contributed by atoms with Crippen LogP contribution >= 0.6 is 0 Å². The van der Waals surface area contributed by atoms with E-state index in [-0.39, 0.29) is 0 Å². The van der Waals surface area contributed by atoms with Crippen LogP contribution in [0.25, 0.3) is 0 Å². The van der Waals surface area contributed by atoms with Crippen molar-refractivity contribution in [2.24, 2.45) is 5.92 Å². The van der Waals surface area contributed by atoms with Gasteiger partial charge in [0.2, 0.25) is 0 Å². The lowest BCUT2D eigenvalue weighted by molar-refractivity contribution is 0.510. The van der Waals surface area contributed by atoms with Gasteiger partial charge in [-0.05, 0) is 18.8 Å². The molecule has 0 aliphatic carbocycles. The normalized spacial score (nSPS) is 10.7. The third kappa shape index (κ3) is 70.6. The molecule has 1 atom stereocenters. The highest BCUT2D eigenvalue weighted by Crippen LogP contribution is 2.16. The van der Waals surface area contributed by atoms with Crippen molar-refractivity contribution >= 4 is 0 Å². The predicted molar refractivity (Wildman–Crippen MR) is 249 cm³/mol. The summed E-state index contributed by atoms with van der Waals surface area (Å²) in [5, 5.41) is 3.05. The molecule has 1 N–H and O–H groups in total. The van der Waals surface area contributed by atoms with Crippen LogP contribution < -0.4 is 5.32 Å². The minimum absolute atomic E-state index is 0.838. The second-order valence-electron chi connectivity index (χ2n) is 15.5. The Labute approximate surface area is 334 Å². The molecule has 0 bridgehead atoms. The van der Waals surface area contributed by atoms with Gasteiger partial charge in [0.1, 0.15) is 0 Å². The minimum atomic E-state index is 0.838. The number of nitrogens with one attached hydrogen (secondary N) is 1. The van der Waals surface area contributed by atoms with Crippen LogP contribution in [0.15, 0.2) is 38.6 Å². The lowest BCUT2D eigenvalue weighted by atomic mass is 10.0. The molecule has 0 aromatic rings. The van der Waals surface area contributed by atoms with E-state index < -0.39 is 0 Å². The van der Waals surface area contributed by atoms with Crippen molar-refractivity contribution in [3.63, 3.8) is 0 Å². The van der Waals surface area contributed by atoms with Gasteiger partial charge in [-0.2, -0.15) is 0 Å². The maximum absolute atomic E-state index is 3.87. The molecule has 1 nitrogen and oxygen atoms in total. The molecule has 1 heteroatoms. The number of hydrogen-bond acceptors (Lipinski definition) is 1. The zero-order valence-electron chi connectivity index (χ0n) is 38.3. The molecular formula is C51H107N. The van der Waals surface area contributed by atoms with Crippen molar-refractivity contribution in [1.82, 2.24) is 5.32 Å². The fourth-order valence-electron chi connectivity index (χ4n) is 6.35. The topological polar surface area (TPSA) is 12.0 Å². The third-order valence-electron chi connectivity index (χ3n) is 10.4. The molecule has 0 aliphatic rings. The Morgan fingerprint density at radius 1 is 0.365 bits per heavy atom. The molecule has 0 aromatic heterocycles. The first-order valence-corrected chi connectivity index (χ1v) is 23.9. The van der Waals surface area contributed by atoms with Crippen LogP contribution in [-0.2, 0) is 0 Å². The van der Waals surface area contributed by atoms with Crippen LogP contribution in [0.1, 0.15) is 279 Å². The molecule has 0 fully saturated rings. The van der Waals surface area contributed by atoms with Crippen molar-refractivity contribution < 1.29 is 0 Å². The van der Waals surface area contributed by atoms with Gasteiger partial charge in [0.15, 0.2) is 0 Å². The Morgan fingerprint density at radius 3 is 0.673 bits per heavy atom. The molecule has 0 saturated carbocycles. The Balaban J connectivity index is -0.000000211. The van der Waals surface area contributed by atoms with E-state index >= 15 is 0 Å². The van der Waals surface area contributed by atoms with E-state index in [2.05, 4.69) is 79.8 Å². The average molecular weight is 734 g/mol. The van der Waals surface area contributed by atoms with Gasteiger partial charge in [0.05, 0.1) is 0 Å². The first-order chi connectivity index (χ1) is 25.5. The van der Waals surface area contributed by atoms with Crippen LogP contribution in [0.5, 0.6) is 0 Å². The summed E-state index contributed by atoms with van der Waals surface area (Å²) in [4.78, 5) is 0. The molecule has 0 aromatic carbocycles. The fourth-order valence-corrected chi connectivity index (χ4v) is 6.35. The van der Waals surface area contributed by atoms with E-state index in [1.54, 1.807) is 0 Å². The summed E-state index contributed by atoms with van der Waals surface area (Å²) in [6.07, 6.45) is 53.5. The van der Waals surface area contributed by atoms with Crippen molar-refractivity contribution in [2.45, 2.75) is 279 Å². The van der Waals surface area contributed by atoms with Crippen LogP contribution in [0, 0.1) is 5.92 Å². The van der Waals surface area contributed by atoms with Crippen LogP contribution in [0.4, 0.5) is 0 Å². The molecular weight excluding hydrogens is 627 g/mol. The standard InChI is InChI=1S/C20H42.C18H38.C9H19N.2C2H4/c1-3-5-7-9-11-13-15-17-19-20-18-16-14-12-10-8-6-4-2;1-3-5-7-9-11-13-15-17-18-16-14-12-10-8-6-4-2;1-5-8(2)6-7-9(3)10-4;2*1-2/h3-20H2,1-2H3;3-18H2,1-2H3;8,10H,3,5-7H2,1-2,4H3;2*1-2H2. The fraction of sp³-hybridized carbons (Fsp3) is 0.882. The van der Waals surface area contributed by atoms with Crippen molar-refractivity contribution in [3.8, 4) is 0 Å². The number of hydrogen-bond donors (Lipinski definition) is 1. The molecule has 52 heavy (non-hydrogen) atoms. The predicted octanol–water partition coefficient (Wildman–Crippen LogP) is 19.5. The van der Waals surface area contributed by atoms with Gasteiger partial charge in [-0.15, -0.1) is 26.3 Å². The first-order valence-electron chi connectivity index (χ1n) is 23.9. The highest BCUT2D eigenvalue weighted by Gasteiger charge is 1.99. The molecule has 0 amide bonds. The second-order valence-corrected chi connectivity index (χ2v) is 15.5. The molecule has 0 spiro atoms. The lowest BCUT2D eigenvalue weighted by Gasteiger charge is -2.08. The summed E-state index contributed by atoms with van der Waals surface area (Å²) in [6.45, 7) is 29.6. The molecule has 1 unspecified atom stereocenters. The zero-order valence-corrected chi connectivity index (χ0v) is 38.3. The maximum atomic E-state index is 3.87. The summed E-state index contributed by atoms with van der Waals surface area (Å²) in [5.74, 6) is 0.838. The van der Waals surface area contributed by atoms with Gasteiger partial charge < -0.3 is 5.32 Å². The third-order valence-corrected chi connectivity index (χ3v) is 10.4. The first kappa shape index (κ1) is 60.3. The minimum Gasteiger partial charge on any atom is -0.392 e. The van der Waals surface area contributed by atoms with Crippen molar-refractivity contribution in [2.75, 3.05) is 7.05 Å². The monoisotopic (exact) mass is 734 g/mol. The highest BCUT2D eigenvalue weighted by molar-refractivity contribution is 4.89. The Kier molecular flexibility index (Phi) is 75.3. The van der Waals surface area contributed by atoms with Gasteiger partial charge in [-0.3, -0.25) is 0 Å². The van der Waals surface area contributed by atoms with E-state index in [0.29, 0.717) is 0 Å². The smallest absolute Gasteiger partial charge is 0.00311 e. The maximum Gasteiger partial charge on any atom is 0.00311 e. The molecule has 0 radical (unpaired) electrons. The van der Waals surface area contributed by atoms with Gasteiger partial charge in [0, 0.05) is 12.7 Å².